The Morgan fingerprint density at radius 2 is 1.87 bits per heavy atom. The molecule has 1 atom stereocenters. The number of allylic oxidation sites excluding steroid dienone is 2. The molecule has 1 unspecified atom stereocenters. The molecule has 88 valence electrons. The second-order valence-corrected chi connectivity index (χ2v) is 5.74. The van der Waals surface area contributed by atoms with Crippen LogP contribution in [0.5, 0.6) is 0 Å². The van der Waals surface area contributed by atoms with Crippen molar-refractivity contribution >= 4 is 5.78 Å². The van der Waals surface area contributed by atoms with Gasteiger partial charge in [0.2, 0.25) is 0 Å². The Morgan fingerprint density at radius 3 is 2.20 bits per heavy atom. The van der Waals surface area contributed by atoms with Gasteiger partial charge in [-0.05, 0) is 43.1 Å². The average Bonchev–Trinajstić information content (AvgIpc) is 2.01. The zero-order valence-electron chi connectivity index (χ0n) is 11.2. The lowest BCUT2D eigenvalue weighted by Gasteiger charge is -2.22. The van der Waals surface area contributed by atoms with Crippen LogP contribution >= 0.6 is 0 Å². The van der Waals surface area contributed by atoms with E-state index in [1.165, 1.54) is 6.42 Å². The molecular weight excluding hydrogens is 184 g/mol. The summed E-state index contributed by atoms with van der Waals surface area (Å²) < 4.78 is 0. The van der Waals surface area contributed by atoms with Gasteiger partial charge >= 0.3 is 0 Å². The quantitative estimate of drug-likeness (QED) is 0.616. The Balaban J connectivity index is 4.18. The SMILES string of the molecule is CCC(=CCC(C)CC(C)(C)C)C(C)=O. The van der Waals surface area contributed by atoms with E-state index in [0.29, 0.717) is 11.3 Å². The van der Waals surface area contributed by atoms with Gasteiger partial charge in [-0.3, -0.25) is 4.79 Å². The molecule has 0 heterocycles. The van der Waals surface area contributed by atoms with Gasteiger partial charge in [-0.1, -0.05) is 40.7 Å². The highest BCUT2D eigenvalue weighted by Gasteiger charge is 2.14. The third kappa shape index (κ3) is 7.35. The van der Waals surface area contributed by atoms with E-state index in [1.807, 2.05) is 6.92 Å². The van der Waals surface area contributed by atoms with Crippen LogP contribution in [0.25, 0.3) is 0 Å². The molecule has 0 aliphatic carbocycles. The van der Waals surface area contributed by atoms with Crippen molar-refractivity contribution in [2.45, 2.75) is 60.8 Å². The largest absolute Gasteiger partial charge is 0.295 e. The predicted molar refractivity (Wildman–Crippen MR) is 66.9 cm³/mol. The van der Waals surface area contributed by atoms with Crippen LogP contribution in [0.1, 0.15) is 60.8 Å². The van der Waals surface area contributed by atoms with Crippen molar-refractivity contribution in [1.82, 2.24) is 0 Å². The number of hydrogen-bond donors (Lipinski definition) is 0. The van der Waals surface area contributed by atoms with Gasteiger partial charge in [0, 0.05) is 0 Å². The Labute approximate surface area is 95.0 Å². The van der Waals surface area contributed by atoms with Crippen molar-refractivity contribution in [2.24, 2.45) is 11.3 Å². The van der Waals surface area contributed by atoms with Crippen molar-refractivity contribution in [1.29, 1.82) is 0 Å². The van der Waals surface area contributed by atoms with Crippen LogP contribution in [-0.4, -0.2) is 5.78 Å². The van der Waals surface area contributed by atoms with Crippen LogP contribution < -0.4 is 0 Å². The topological polar surface area (TPSA) is 17.1 Å². The van der Waals surface area contributed by atoms with E-state index in [9.17, 15) is 4.79 Å². The molecule has 0 fully saturated rings. The smallest absolute Gasteiger partial charge is 0.155 e. The Morgan fingerprint density at radius 1 is 1.33 bits per heavy atom. The third-order valence-corrected chi connectivity index (χ3v) is 2.56. The maximum Gasteiger partial charge on any atom is 0.155 e. The summed E-state index contributed by atoms with van der Waals surface area (Å²) in [6, 6.07) is 0. The number of rotatable bonds is 5. The lowest BCUT2D eigenvalue weighted by Crippen LogP contribution is -2.10. The van der Waals surface area contributed by atoms with E-state index >= 15 is 0 Å². The molecule has 0 radical (unpaired) electrons. The van der Waals surface area contributed by atoms with Crippen molar-refractivity contribution in [3.05, 3.63) is 11.6 Å². The van der Waals surface area contributed by atoms with Crippen LogP contribution in [0.3, 0.4) is 0 Å². The fourth-order valence-electron chi connectivity index (χ4n) is 2.01. The Hall–Kier alpha value is -0.590. The van der Waals surface area contributed by atoms with Crippen LogP contribution in [0, 0.1) is 11.3 Å². The van der Waals surface area contributed by atoms with Crippen molar-refractivity contribution in [3.63, 3.8) is 0 Å². The molecule has 1 heteroatoms. The number of Topliss-reactive ketones (excluding diaryl/α,β-unsaturated/α-hetero) is 1. The lowest BCUT2D eigenvalue weighted by atomic mass is 9.84. The van der Waals surface area contributed by atoms with Gasteiger partial charge in [-0.25, -0.2) is 0 Å². The highest BCUT2D eigenvalue weighted by atomic mass is 16.1. The van der Waals surface area contributed by atoms with Gasteiger partial charge in [0.15, 0.2) is 5.78 Å². The average molecular weight is 210 g/mol. The van der Waals surface area contributed by atoms with Gasteiger partial charge in [-0.15, -0.1) is 0 Å². The van der Waals surface area contributed by atoms with E-state index in [0.717, 1.165) is 18.4 Å². The Bertz CT molecular complexity index is 230. The normalized spacial score (nSPS) is 15.2. The fourth-order valence-corrected chi connectivity index (χ4v) is 2.01. The van der Waals surface area contributed by atoms with Gasteiger partial charge in [0.25, 0.3) is 0 Å². The molecular formula is C14H26O. The Kier molecular flexibility index (Phi) is 5.85. The summed E-state index contributed by atoms with van der Waals surface area (Å²) in [5.41, 5.74) is 1.37. The minimum Gasteiger partial charge on any atom is -0.295 e. The number of carbonyl (C=O) groups is 1. The molecule has 0 bridgehead atoms. The first kappa shape index (κ1) is 14.4. The highest BCUT2D eigenvalue weighted by Crippen LogP contribution is 2.26. The molecule has 0 aromatic heterocycles. The zero-order chi connectivity index (χ0) is 12.1. The molecule has 0 aliphatic heterocycles. The third-order valence-electron chi connectivity index (χ3n) is 2.56. The number of carbonyl (C=O) groups excluding carboxylic acids is 1. The summed E-state index contributed by atoms with van der Waals surface area (Å²) in [6.07, 6.45) is 5.22. The molecule has 0 spiro atoms. The van der Waals surface area contributed by atoms with E-state index in [-0.39, 0.29) is 5.78 Å². The van der Waals surface area contributed by atoms with E-state index < -0.39 is 0 Å². The van der Waals surface area contributed by atoms with E-state index in [2.05, 4.69) is 33.8 Å². The second-order valence-electron chi connectivity index (χ2n) is 5.74. The first-order valence-corrected chi connectivity index (χ1v) is 5.96. The van der Waals surface area contributed by atoms with Crippen molar-refractivity contribution in [3.8, 4) is 0 Å². The minimum atomic E-state index is 0.223. The zero-order valence-corrected chi connectivity index (χ0v) is 11.2. The molecule has 0 aromatic carbocycles. The first-order chi connectivity index (χ1) is 6.76. The molecule has 0 aromatic rings. The monoisotopic (exact) mass is 210 g/mol. The molecule has 15 heavy (non-hydrogen) atoms. The second kappa shape index (κ2) is 6.09. The molecule has 0 saturated heterocycles. The van der Waals surface area contributed by atoms with Crippen molar-refractivity contribution < 1.29 is 4.79 Å². The summed E-state index contributed by atoms with van der Waals surface area (Å²) >= 11 is 0. The molecule has 0 N–H and O–H groups in total. The van der Waals surface area contributed by atoms with E-state index in [4.69, 9.17) is 0 Å². The maximum absolute atomic E-state index is 11.2. The first-order valence-electron chi connectivity index (χ1n) is 5.96. The summed E-state index contributed by atoms with van der Waals surface area (Å²) in [5, 5.41) is 0. The van der Waals surface area contributed by atoms with Crippen molar-refractivity contribution in [2.75, 3.05) is 0 Å². The summed E-state index contributed by atoms with van der Waals surface area (Å²) in [4.78, 5) is 11.2. The highest BCUT2D eigenvalue weighted by molar-refractivity contribution is 5.93. The minimum absolute atomic E-state index is 0.223. The standard InChI is InChI=1S/C14H26O/c1-7-13(12(3)15)9-8-11(2)10-14(4,5)6/h9,11H,7-8,10H2,1-6H3. The van der Waals surface area contributed by atoms with Gasteiger partial charge in [0.05, 0.1) is 0 Å². The van der Waals surface area contributed by atoms with E-state index in [1.54, 1.807) is 6.92 Å². The molecule has 0 amide bonds. The van der Waals surface area contributed by atoms with Gasteiger partial charge in [0.1, 0.15) is 0 Å². The molecule has 0 saturated carbocycles. The van der Waals surface area contributed by atoms with Crippen LogP contribution in [-0.2, 0) is 4.79 Å². The lowest BCUT2D eigenvalue weighted by molar-refractivity contribution is -0.113. The fraction of sp³-hybridized carbons (Fsp3) is 0.786. The molecule has 0 aliphatic rings. The summed E-state index contributed by atoms with van der Waals surface area (Å²) in [7, 11) is 0. The number of ketones is 1. The number of hydrogen-bond acceptors (Lipinski definition) is 1. The van der Waals surface area contributed by atoms with Gasteiger partial charge < -0.3 is 0 Å². The summed E-state index contributed by atoms with van der Waals surface area (Å²) in [6.45, 7) is 12.7. The molecule has 1 nitrogen and oxygen atoms in total. The molecule has 0 rings (SSSR count). The van der Waals surface area contributed by atoms with Crippen LogP contribution in [0.15, 0.2) is 11.6 Å². The maximum atomic E-state index is 11.2. The van der Waals surface area contributed by atoms with Gasteiger partial charge in [-0.2, -0.15) is 0 Å². The van der Waals surface area contributed by atoms with Crippen LogP contribution in [0.4, 0.5) is 0 Å². The van der Waals surface area contributed by atoms with Crippen LogP contribution in [0.2, 0.25) is 0 Å². The predicted octanol–water partition coefficient (Wildman–Crippen LogP) is 4.37. The summed E-state index contributed by atoms with van der Waals surface area (Å²) in [5.74, 6) is 0.881.